The topological polar surface area (TPSA) is 85.2 Å². The van der Waals surface area contributed by atoms with Crippen LogP contribution in [0.2, 0.25) is 0 Å². The Morgan fingerprint density at radius 2 is 1.94 bits per heavy atom. The summed E-state index contributed by atoms with van der Waals surface area (Å²) in [5.74, 6) is 0.161. The first kappa shape index (κ1) is 11.7. The molecule has 90 valence electrons. The van der Waals surface area contributed by atoms with Gasteiger partial charge in [0.05, 0.1) is 11.8 Å². The van der Waals surface area contributed by atoms with Crippen LogP contribution in [0.1, 0.15) is 0 Å². The van der Waals surface area contributed by atoms with Gasteiger partial charge in [0.25, 0.3) is 0 Å². The maximum absolute atomic E-state index is 11.5. The van der Waals surface area contributed by atoms with Crippen molar-refractivity contribution in [2.75, 3.05) is 11.9 Å². The van der Waals surface area contributed by atoms with Crippen LogP contribution >= 0.6 is 0 Å². The Kier molecular flexibility index (Phi) is 3.30. The number of nitriles is 1. The van der Waals surface area contributed by atoms with E-state index in [2.05, 4.69) is 10.6 Å². The summed E-state index contributed by atoms with van der Waals surface area (Å²) in [6.07, 6.45) is 0. The van der Waals surface area contributed by atoms with E-state index < -0.39 is 6.03 Å². The summed E-state index contributed by atoms with van der Waals surface area (Å²) < 4.78 is 0. The lowest BCUT2D eigenvalue weighted by Crippen LogP contribution is -2.28. The van der Waals surface area contributed by atoms with Crippen LogP contribution in [0.5, 0.6) is 5.75 Å². The fourth-order valence-corrected chi connectivity index (χ4v) is 1.69. The van der Waals surface area contributed by atoms with Crippen molar-refractivity contribution in [3.8, 4) is 11.8 Å². The molecular weight excluding hydrogens is 230 g/mol. The van der Waals surface area contributed by atoms with Crippen LogP contribution in [0.4, 0.5) is 10.5 Å². The zero-order valence-electron chi connectivity index (χ0n) is 9.47. The average Bonchev–Trinajstić information content (AvgIpc) is 2.38. The van der Waals surface area contributed by atoms with Crippen LogP contribution in [0.3, 0.4) is 0 Å². The largest absolute Gasteiger partial charge is 0.507 e. The number of nitrogens with zero attached hydrogens (tertiary/aromatic N) is 1. The Morgan fingerprint density at radius 3 is 2.72 bits per heavy atom. The van der Waals surface area contributed by atoms with E-state index >= 15 is 0 Å². The molecule has 0 heterocycles. The summed E-state index contributed by atoms with van der Waals surface area (Å²) in [4.78, 5) is 11.5. The number of carbonyl (C=O) groups excluding carboxylic acids is 1. The molecule has 0 saturated heterocycles. The average molecular weight is 241 g/mol. The number of urea groups is 1. The molecule has 5 nitrogen and oxygen atoms in total. The number of anilines is 1. The van der Waals surface area contributed by atoms with Gasteiger partial charge in [-0.2, -0.15) is 5.26 Å². The monoisotopic (exact) mass is 241 g/mol. The molecular formula is C13H11N3O2. The van der Waals surface area contributed by atoms with E-state index in [4.69, 9.17) is 5.26 Å². The number of nitrogens with one attached hydrogen (secondary N) is 2. The lowest BCUT2D eigenvalue weighted by atomic mass is 10.1. The molecule has 0 fully saturated rings. The van der Waals surface area contributed by atoms with Gasteiger partial charge >= 0.3 is 6.03 Å². The SMILES string of the molecule is N#CCNC(=O)Nc1cccc2c(O)cccc12. The number of amides is 2. The fraction of sp³-hybridized carbons (Fsp3) is 0.0769. The second-order valence-corrected chi connectivity index (χ2v) is 3.64. The van der Waals surface area contributed by atoms with E-state index in [9.17, 15) is 9.90 Å². The molecule has 5 heteroatoms. The molecule has 0 aliphatic rings. The molecule has 0 spiro atoms. The third kappa shape index (κ3) is 2.33. The van der Waals surface area contributed by atoms with Crippen molar-refractivity contribution < 1.29 is 9.90 Å². The summed E-state index contributed by atoms with van der Waals surface area (Å²) in [5, 5.41) is 24.5. The third-order valence-corrected chi connectivity index (χ3v) is 2.48. The summed E-state index contributed by atoms with van der Waals surface area (Å²) in [7, 11) is 0. The molecule has 0 radical (unpaired) electrons. The van der Waals surface area contributed by atoms with Crippen molar-refractivity contribution in [1.82, 2.24) is 5.32 Å². The Balaban J connectivity index is 2.32. The molecule has 0 bridgehead atoms. The molecule has 2 aromatic rings. The first-order valence-corrected chi connectivity index (χ1v) is 5.35. The highest BCUT2D eigenvalue weighted by atomic mass is 16.3. The van der Waals surface area contributed by atoms with E-state index in [1.165, 1.54) is 0 Å². The van der Waals surface area contributed by atoms with E-state index in [-0.39, 0.29) is 12.3 Å². The number of carbonyl (C=O) groups is 1. The molecule has 18 heavy (non-hydrogen) atoms. The molecule has 2 amide bonds. The van der Waals surface area contributed by atoms with Crippen molar-refractivity contribution in [2.45, 2.75) is 0 Å². The van der Waals surface area contributed by atoms with Crippen molar-refractivity contribution in [3.05, 3.63) is 36.4 Å². The highest BCUT2D eigenvalue weighted by molar-refractivity contribution is 6.03. The Labute approximate surface area is 104 Å². The van der Waals surface area contributed by atoms with Gasteiger partial charge in [-0.05, 0) is 12.1 Å². The van der Waals surface area contributed by atoms with Gasteiger partial charge in [0.15, 0.2) is 0 Å². The minimum Gasteiger partial charge on any atom is -0.507 e. The summed E-state index contributed by atoms with van der Waals surface area (Å²) in [6.45, 7) is -0.0537. The molecule has 2 rings (SSSR count). The van der Waals surface area contributed by atoms with Crippen LogP contribution < -0.4 is 10.6 Å². The number of hydrogen-bond donors (Lipinski definition) is 3. The maximum atomic E-state index is 11.5. The van der Waals surface area contributed by atoms with E-state index in [0.29, 0.717) is 11.1 Å². The van der Waals surface area contributed by atoms with Crippen molar-refractivity contribution in [3.63, 3.8) is 0 Å². The van der Waals surface area contributed by atoms with Gasteiger partial charge in [-0.25, -0.2) is 4.79 Å². The Bertz CT molecular complexity index is 632. The summed E-state index contributed by atoms with van der Waals surface area (Å²) in [5.41, 5.74) is 0.582. The van der Waals surface area contributed by atoms with Crippen LogP contribution in [-0.2, 0) is 0 Å². The number of rotatable bonds is 2. The zero-order valence-corrected chi connectivity index (χ0v) is 9.47. The molecule has 0 atom stereocenters. The number of hydrogen-bond acceptors (Lipinski definition) is 3. The van der Waals surface area contributed by atoms with Gasteiger partial charge in [-0.1, -0.05) is 24.3 Å². The Morgan fingerprint density at radius 1 is 1.22 bits per heavy atom. The lowest BCUT2D eigenvalue weighted by Gasteiger charge is -2.09. The number of benzene rings is 2. The number of aromatic hydroxyl groups is 1. The summed E-state index contributed by atoms with van der Waals surface area (Å²) in [6, 6.07) is 11.7. The smallest absolute Gasteiger partial charge is 0.320 e. The van der Waals surface area contributed by atoms with Crippen molar-refractivity contribution in [2.24, 2.45) is 0 Å². The minimum atomic E-state index is -0.451. The molecule has 0 unspecified atom stereocenters. The first-order valence-electron chi connectivity index (χ1n) is 5.35. The highest BCUT2D eigenvalue weighted by Gasteiger charge is 2.06. The molecule has 0 aromatic heterocycles. The van der Waals surface area contributed by atoms with Crippen molar-refractivity contribution in [1.29, 1.82) is 5.26 Å². The normalized spacial score (nSPS) is 9.72. The second kappa shape index (κ2) is 5.06. The molecule has 3 N–H and O–H groups in total. The van der Waals surface area contributed by atoms with Gasteiger partial charge in [0.1, 0.15) is 12.3 Å². The number of fused-ring (bicyclic) bond motifs is 1. The van der Waals surface area contributed by atoms with Crippen LogP contribution in [0.25, 0.3) is 10.8 Å². The summed E-state index contributed by atoms with van der Waals surface area (Å²) >= 11 is 0. The quantitative estimate of drug-likeness (QED) is 0.704. The van der Waals surface area contributed by atoms with Crippen LogP contribution in [0, 0.1) is 11.3 Å². The molecule has 2 aromatic carbocycles. The molecule has 0 aliphatic heterocycles. The second-order valence-electron chi connectivity index (χ2n) is 3.64. The van der Waals surface area contributed by atoms with Gasteiger partial charge in [-0.15, -0.1) is 0 Å². The van der Waals surface area contributed by atoms with Crippen LogP contribution in [-0.4, -0.2) is 17.7 Å². The predicted octanol–water partition coefficient (Wildman–Crippen LogP) is 2.19. The number of phenolic OH excluding ortho intramolecular Hbond substituents is 1. The standard InChI is InChI=1S/C13H11N3O2/c14-7-8-15-13(18)16-11-5-1-4-10-9(11)3-2-6-12(10)17/h1-6,17H,8H2,(H2,15,16,18). The van der Waals surface area contributed by atoms with Crippen molar-refractivity contribution >= 4 is 22.5 Å². The maximum Gasteiger partial charge on any atom is 0.320 e. The molecule has 0 aliphatic carbocycles. The highest BCUT2D eigenvalue weighted by Crippen LogP contribution is 2.29. The first-order chi connectivity index (χ1) is 8.72. The van der Waals surface area contributed by atoms with Crippen LogP contribution in [0.15, 0.2) is 36.4 Å². The third-order valence-electron chi connectivity index (χ3n) is 2.48. The number of phenols is 1. The van der Waals surface area contributed by atoms with E-state index in [1.54, 1.807) is 36.4 Å². The lowest BCUT2D eigenvalue weighted by molar-refractivity contribution is 0.253. The predicted molar refractivity (Wildman–Crippen MR) is 68.2 cm³/mol. The minimum absolute atomic E-state index is 0.0537. The fourth-order valence-electron chi connectivity index (χ4n) is 1.69. The van der Waals surface area contributed by atoms with Gasteiger partial charge < -0.3 is 15.7 Å². The van der Waals surface area contributed by atoms with E-state index in [1.807, 2.05) is 6.07 Å². The van der Waals surface area contributed by atoms with Gasteiger partial charge in [-0.3, -0.25) is 0 Å². The van der Waals surface area contributed by atoms with Gasteiger partial charge in [0.2, 0.25) is 0 Å². The van der Waals surface area contributed by atoms with Gasteiger partial charge in [0, 0.05) is 10.8 Å². The Hall–Kier alpha value is -2.74. The molecule has 0 saturated carbocycles. The van der Waals surface area contributed by atoms with E-state index in [0.717, 1.165) is 5.39 Å². The zero-order chi connectivity index (χ0) is 13.0.